The molecule has 3 aromatic rings. The number of hydrogen-bond acceptors (Lipinski definition) is 2. The zero-order valence-corrected chi connectivity index (χ0v) is 11.8. The molecule has 0 bridgehead atoms. The molecule has 1 heterocycles. The van der Waals surface area contributed by atoms with Crippen LogP contribution in [-0.4, -0.2) is 19.1 Å². The van der Waals surface area contributed by atoms with Crippen LogP contribution in [0.4, 0.5) is 5.69 Å². The summed E-state index contributed by atoms with van der Waals surface area (Å²) < 4.78 is 0. The second-order valence-corrected chi connectivity index (χ2v) is 4.88. The SMILES string of the molecule is CNc1ccc(C(NC)c2c[nH]c3ccccc23)cc1. The largest absolute Gasteiger partial charge is 0.388 e. The van der Waals surface area contributed by atoms with Gasteiger partial charge in [0.15, 0.2) is 0 Å². The Labute approximate surface area is 119 Å². The molecule has 3 N–H and O–H groups in total. The van der Waals surface area contributed by atoms with Gasteiger partial charge in [0.25, 0.3) is 0 Å². The van der Waals surface area contributed by atoms with Crippen LogP contribution in [0.3, 0.4) is 0 Å². The van der Waals surface area contributed by atoms with Crippen LogP contribution in [0.25, 0.3) is 10.9 Å². The summed E-state index contributed by atoms with van der Waals surface area (Å²) in [5.41, 5.74) is 4.84. The van der Waals surface area contributed by atoms with E-state index in [0.29, 0.717) is 0 Å². The van der Waals surface area contributed by atoms with Crippen LogP contribution in [0.1, 0.15) is 17.2 Å². The van der Waals surface area contributed by atoms with Crippen molar-refractivity contribution in [2.45, 2.75) is 6.04 Å². The summed E-state index contributed by atoms with van der Waals surface area (Å²) in [5, 5.41) is 7.83. The first-order valence-electron chi connectivity index (χ1n) is 6.84. The Bertz CT molecular complexity index is 698. The van der Waals surface area contributed by atoms with Gasteiger partial charge in [0.1, 0.15) is 0 Å². The molecule has 102 valence electrons. The van der Waals surface area contributed by atoms with Crippen LogP contribution in [-0.2, 0) is 0 Å². The number of aromatic nitrogens is 1. The van der Waals surface area contributed by atoms with Crippen LogP contribution in [0.15, 0.2) is 54.7 Å². The molecule has 0 spiro atoms. The van der Waals surface area contributed by atoms with Crippen molar-refractivity contribution >= 4 is 16.6 Å². The highest BCUT2D eigenvalue weighted by molar-refractivity contribution is 5.84. The molecule has 0 saturated carbocycles. The molecule has 0 aliphatic heterocycles. The molecular weight excluding hydrogens is 246 g/mol. The van der Waals surface area contributed by atoms with E-state index in [2.05, 4.69) is 70.3 Å². The minimum absolute atomic E-state index is 0.192. The quantitative estimate of drug-likeness (QED) is 0.675. The maximum atomic E-state index is 3.41. The summed E-state index contributed by atoms with van der Waals surface area (Å²) in [7, 11) is 3.93. The maximum Gasteiger partial charge on any atom is 0.0595 e. The number of anilines is 1. The highest BCUT2D eigenvalue weighted by atomic mass is 14.9. The molecule has 0 amide bonds. The Balaban J connectivity index is 2.04. The van der Waals surface area contributed by atoms with Crippen LogP contribution in [0, 0.1) is 0 Å². The molecule has 3 rings (SSSR count). The van der Waals surface area contributed by atoms with Crippen molar-refractivity contribution in [3.8, 4) is 0 Å². The maximum absolute atomic E-state index is 3.41. The summed E-state index contributed by atoms with van der Waals surface area (Å²) in [6.07, 6.45) is 2.10. The predicted octanol–water partition coefficient (Wildman–Crippen LogP) is 3.52. The fourth-order valence-corrected chi connectivity index (χ4v) is 2.68. The van der Waals surface area contributed by atoms with Crippen molar-refractivity contribution < 1.29 is 0 Å². The van der Waals surface area contributed by atoms with E-state index < -0.39 is 0 Å². The molecule has 20 heavy (non-hydrogen) atoms. The van der Waals surface area contributed by atoms with E-state index >= 15 is 0 Å². The monoisotopic (exact) mass is 265 g/mol. The lowest BCUT2D eigenvalue weighted by Crippen LogP contribution is -2.17. The van der Waals surface area contributed by atoms with Crippen molar-refractivity contribution in [2.75, 3.05) is 19.4 Å². The van der Waals surface area contributed by atoms with Crippen molar-refractivity contribution in [2.24, 2.45) is 0 Å². The van der Waals surface area contributed by atoms with E-state index in [-0.39, 0.29) is 6.04 Å². The second-order valence-electron chi connectivity index (χ2n) is 4.88. The van der Waals surface area contributed by atoms with E-state index in [9.17, 15) is 0 Å². The van der Waals surface area contributed by atoms with Gasteiger partial charge >= 0.3 is 0 Å². The molecular formula is C17H19N3. The molecule has 0 saturated heterocycles. The molecule has 0 aliphatic rings. The van der Waals surface area contributed by atoms with Crippen LogP contribution < -0.4 is 10.6 Å². The van der Waals surface area contributed by atoms with Crippen molar-refractivity contribution in [3.63, 3.8) is 0 Å². The fraction of sp³-hybridized carbons (Fsp3) is 0.176. The average molecular weight is 265 g/mol. The van der Waals surface area contributed by atoms with E-state index in [1.165, 1.54) is 22.0 Å². The lowest BCUT2D eigenvalue weighted by molar-refractivity contribution is 0.697. The zero-order valence-electron chi connectivity index (χ0n) is 11.8. The first kappa shape index (κ1) is 12.8. The van der Waals surface area contributed by atoms with Gasteiger partial charge in [0.05, 0.1) is 6.04 Å². The van der Waals surface area contributed by atoms with Gasteiger partial charge in [-0.25, -0.2) is 0 Å². The Morgan fingerprint density at radius 2 is 1.70 bits per heavy atom. The fourth-order valence-electron chi connectivity index (χ4n) is 2.68. The molecule has 1 unspecified atom stereocenters. The highest BCUT2D eigenvalue weighted by Gasteiger charge is 2.15. The van der Waals surface area contributed by atoms with Gasteiger partial charge in [0, 0.05) is 29.8 Å². The Morgan fingerprint density at radius 3 is 2.40 bits per heavy atom. The van der Waals surface area contributed by atoms with E-state index in [1.807, 2.05) is 14.1 Å². The van der Waals surface area contributed by atoms with Gasteiger partial charge in [0.2, 0.25) is 0 Å². The predicted molar refractivity (Wildman–Crippen MR) is 85.2 cm³/mol. The first-order valence-corrected chi connectivity index (χ1v) is 6.84. The lowest BCUT2D eigenvalue weighted by Gasteiger charge is -2.17. The van der Waals surface area contributed by atoms with Crippen molar-refractivity contribution in [1.29, 1.82) is 0 Å². The standard InChI is InChI=1S/C17H19N3/c1-18-13-9-7-12(8-10-13)17(19-2)15-11-20-16-6-4-3-5-14(15)16/h3-11,17-20H,1-2H3. The number of para-hydroxylation sites is 1. The Kier molecular flexibility index (Phi) is 3.44. The first-order chi connectivity index (χ1) is 9.83. The summed E-state index contributed by atoms with van der Waals surface area (Å²) in [6, 6.07) is 17.1. The van der Waals surface area contributed by atoms with Crippen molar-refractivity contribution in [3.05, 3.63) is 65.9 Å². The number of nitrogens with one attached hydrogen (secondary N) is 3. The van der Waals surface area contributed by atoms with Gasteiger partial charge in [-0.15, -0.1) is 0 Å². The van der Waals surface area contributed by atoms with Crippen LogP contribution in [0.2, 0.25) is 0 Å². The van der Waals surface area contributed by atoms with Gasteiger partial charge in [-0.3, -0.25) is 0 Å². The minimum Gasteiger partial charge on any atom is -0.388 e. The van der Waals surface area contributed by atoms with E-state index in [1.54, 1.807) is 0 Å². The van der Waals surface area contributed by atoms with Gasteiger partial charge in [-0.1, -0.05) is 30.3 Å². The highest BCUT2D eigenvalue weighted by Crippen LogP contribution is 2.29. The van der Waals surface area contributed by atoms with E-state index in [4.69, 9.17) is 0 Å². The molecule has 2 aromatic carbocycles. The molecule has 1 atom stereocenters. The molecule has 0 aliphatic carbocycles. The van der Waals surface area contributed by atoms with Gasteiger partial charge in [-0.05, 0) is 36.4 Å². The molecule has 3 heteroatoms. The number of hydrogen-bond donors (Lipinski definition) is 3. The Hall–Kier alpha value is -2.26. The minimum atomic E-state index is 0.192. The topological polar surface area (TPSA) is 39.8 Å². The number of fused-ring (bicyclic) bond motifs is 1. The molecule has 1 aromatic heterocycles. The molecule has 3 nitrogen and oxygen atoms in total. The zero-order chi connectivity index (χ0) is 13.9. The van der Waals surface area contributed by atoms with Crippen LogP contribution in [0.5, 0.6) is 0 Å². The number of rotatable bonds is 4. The summed E-state index contributed by atoms with van der Waals surface area (Å²) in [4.78, 5) is 3.34. The summed E-state index contributed by atoms with van der Waals surface area (Å²) >= 11 is 0. The van der Waals surface area contributed by atoms with Crippen LogP contribution >= 0.6 is 0 Å². The second kappa shape index (κ2) is 5.39. The Morgan fingerprint density at radius 1 is 0.950 bits per heavy atom. The summed E-state index contributed by atoms with van der Waals surface area (Å²) in [5.74, 6) is 0. The third-order valence-corrected chi connectivity index (χ3v) is 3.75. The van der Waals surface area contributed by atoms with Crippen molar-refractivity contribution in [1.82, 2.24) is 10.3 Å². The average Bonchev–Trinajstić information content (AvgIpc) is 2.93. The van der Waals surface area contributed by atoms with Gasteiger partial charge < -0.3 is 15.6 Å². The van der Waals surface area contributed by atoms with E-state index in [0.717, 1.165) is 5.69 Å². The number of H-pyrrole nitrogens is 1. The lowest BCUT2D eigenvalue weighted by atomic mass is 9.98. The molecule has 0 radical (unpaired) electrons. The number of aromatic amines is 1. The van der Waals surface area contributed by atoms with Gasteiger partial charge in [-0.2, -0.15) is 0 Å². The third kappa shape index (κ3) is 2.17. The number of benzene rings is 2. The smallest absolute Gasteiger partial charge is 0.0595 e. The third-order valence-electron chi connectivity index (χ3n) is 3.75. The molecule has 0 fully saturated rings. The summed E-state index contributed by atoms with van der Waals surface area (Å²) in [6.45, 7) is 0. The normalized spacial score (nSPS) is 12.5.